The van der Waals surface area contributed by atoms with Gasteiger partial charge < -0.3 is 10.4 Å². The lowest BCUT2D eigenvalue weighted by molar-refractivity contribution is -0.137. The molecule has 0 radical (unpaired) electrons. The molecular formula is C12H17N3O3S. The summed E-state index contributed by atoms with van der Waals surface area (Å²) in [7, 11) is 0. The van der Waals surface area contributed by atoms with Gasteiger partial charge in [-0.1, -0.05) is 6.42 Å². The third kappa shape index (κ3) is 4.20. The van der Waals surface area contributed by atoms with Crippen LogP contribution < -0.4 is 10.6 Å². The summed E-state index contributed by atoms with van der Waals surface area (Å²) in [4.78, 5) is 26.2. The van der Waals surface area contributed by atoms with Crippen LogP contribution in [0, 0.1) is 0 Å². The van der Waals surface area contributed by atoms with Gasteiger partial charge >= 0.3 is 12.0 Å². The quantitative estimate of drug-likeness (QED) is 0.699. The number of aliphatic carboxylic acids is 1. The largest absolute Gasteiger partial charge is 0.481 e. The lowest BCUT2D eigenvalue weighted by Crippen LogP contribution is -2.29. The summed E-state index contributed by atoms with van der Waals surface area (Å²) in [6.45, 7) is 0.346. The number of urea groups is 1. The van der Waals surface area contributed by atoms with Gasteiger partial charge in [0.05, 0.1) is 5.69 Å². The van der Waals surface area contributed by atoms with Crippen molar-refractivity contribution < 1.29 is 14.7 Å². The number of aromatic nitrogens is 1. The van der Waals surface area contributed by atoms with Gasteiger partial charge in [0.1, 0.15) is 0 Å². The van der Waals surface area contributed by atoms with E-state index in [1.807, 2.05) is 5.38 Å². The molecule has 6 nitrogen and oxygen atoms in total. The van der Waals surface area contributed by atoms with Crippen LogP contribution in [0.1, 0.15) is 43.7 Å². The summed E-state index contributed by atoms with van der Waals surface area (Å²) in [5.41, 5.74) is 1.07. The van der Waals surface area contributed by atoms with Gasteiger partial charge in [-0.2, -0.15) is 0 Å². The summed E-state index contributed by atoms with van der Waals surface area (Å²) in [6.07, 6.45) is 4.11. The number of carboxylic acids is 1. The highest BCUT2D eigenvalue weighted by Gasteiger charge is 2.22. The predicted octanol–water partition coefficient (Wildman–Crippen LogP) is 2.40. The van der Waals surface area contributed by atoms with E-state index in [4.69, 9.17) is 5.11 Å². The molecule has 1 aromatic heterocycles. The fourth-order valence-electron chi connectivity index (χ4n) is 1.82. The molecule has 19 heavy (non-hydrogen) atoms. The van der Waals surface area contributed by atoms with Crippen molar-refractivity contribution in [2.45, 2.75) is 38.0 Å². The van der Waals surface area contributed by atoms with Gasteiger partial charge in [0, 0.05) is 24.3 Å². The molecule has 2 rings (SSSR count). The second kappa shape index (κ2) is 6.51. The number of nitrogens with one attached hydrogen (secondary N) is 2. The van der Waals surface area contributed by atoms with Gasteiger partial charge in [-0.15, -0.1) is 11.3 Å². The number of rotatable bonds is 6. The molecule has 0 aliphatic heterocycles. The highest BCUT2D eigenvalue weighted by molar-refractivity contribution is 7.13. The summed E-state index contributed by atoms with van der Waals surface area (Å²) < 4.78 is 0. The third-order valence-electron chi connectivity index (χ3n) is 3.12. The number of hydrogen-bond acceptors (Lipinski definition) is 4. The molecule has 1 aliphatic carbocycles. The third-order valence-corrected chi connectivity index (χ3v) is 3.89. The van der Waals surface area contributed by atoms with Crippen molar-refractivity contribution in [2.24, 2.45) is 0 Å². The Bertz CT molecular complexity index is 457. The Kier molecular flexibility index (Phi) is 4.73. The monoisotopic (exact) mass is 283 g/mol. The molecule has 0 unspecified atom stereocenters. The van der Waals surface area contributed by atoms with Crippen molar-refractivity contribution in [3.8, 4) is 0 Å². The Morgan fingerprint density at radius 3 is 2.89 bits per heavy atom. The van der Waals surface area contributed by atoms with Crippen LogP contribution in [0.15, 0.2) is 5.38 Å². The van der Waals surface area contributed by atoms with E-state index < -0.39 is 5.97 Å². The summed E-state index contributed by atoms with van der Waals surface area (Å²) in [6, 6.07) is -0.333. The molecule has 1 saturated carbocycles. The number of carboxylic acid groups (broad SMARTS) is 1. The molecule has 3 N–H and O–H groups in total. The Morgan fingerprint density at radius 2 is 2.26 bits per heavy atom. The SMILES string of the molecule is O=C(O)CCCNC(=O)Nc1nc(C2CCC2)cs1. The summed E-state index contributed by atoms with van der Waals surface area (Å²) >= 11 is 1.42. The average Bonchev–Trinajstić information content (AvgIpc) is 2.70. The highest BCUT2D eigenvalue weighted by atomic mass is 32.1. The number of anilines is 1. The molecule has 0 saturated heterocycles. The van der Waals surface area contributed by atoms with Crippen LogP contribution in [0.25, 0.3) is 0 Å². The van der Waals surface area contributed by atoms with E-state index in [2.05, 4.69) is 15.6 Å². The highest BCUT2D eigenvalue weighted by Crippen LogP contribution is 2.37. The van der Waals surface area contributed by atoms with E-state index in [1.54, 1.807) is 0 Å². The van der Waals surface area contributed by atoms with Gasteiger partial charge in [0.25, 0.3) is 0 Å². The van der Waals surface area contributed by atoms with Gasteiger partial charge in [0.2, 0.25) is 0 Å². The Hall–Kier alpha value is -1.63. The number of carbonyl (C=O) groups is 2. The Morgan fingerprint density at radius 1 is 1.47 bits per heavy atom. The molecule has 0 aromatic carbocycles. The maximum atomic E-state index is 11.5. The van der Waals surface area contributed by atoms with Crippen LogP contribution in [0.5, 0.6) is 0 Å². The first kappa shape index (κ1) is 13.8. The molecule has 7 heteroatoms. The van der Waals surface area contributed by atoms with Gasteiger partial charge in [-0.05, 0) is 19.3 Å². The first-order valence-electron chi connectivity index (χ1n) is 6.37. The summed E-state index contributed by atoms with van der Waals surface area (Å²) in [5.74, 6) is -0.294. The number of nitrogens with zero attached hydrogens (tertiary/aromatic N) is 1. The second-order valence-corrected chi connectivity index (χ2v) is 5.44. The van der Waals surface area contributed by atoms with E-state index in [1.165, 1.54) is 30.6 Å². The van der Waals surface area contributed by atoms with Gasteiger partial charge in [0.15, 0.2) is 5.13 Å². The molecule has 1 fully saturated rings. The molecule has 2 amide bonds. The molecule has 1 heterocycles. The zero-order chi connectivity index (χ0) is 13.7. The van der Waals surface area contributed by atoms with Crippen molar-refractivity contribution in [3.63, 3.8) is 0 Å². The average molecular weight is 283 g/mol. The van der Waals surface area contributed by atoms with Crippen LogP contribution in [0.4, 0.5) is 9.93 Å². The number of amides is 2. The van der Waals surface area contributed by atoms with Gasteiger partial charge in [-0.25, -0.2) is 9.78 Å². The minimum atomic E-state index is -0.854. The number of hydrogen-bond donors (Lipinski definition) is 3. The van der Waals surface area contributed by atoms with Crippen LogP contribution in [-0.2, 0) is 4.79 Å². The van der Waals surface area contributed by atoms with Crippen molar-refractivity contribution >= 4 is 28.5 Å². The fraction of sp³-hybridized carbons (Fsp3) is 0.583. The van der Waals surface area contributed by atoms with E-state index in [-0.39, 0.29) is 12.5 Å². The standard InChI is InChI=1S/C12H17N3O3S/c16-10(17)5-2-6-13-11(18)15-12-14-9(7-19-12)8-3-1-4-8/h7-8H,1-6H2,(H,16,17)(H2,13,14,15,18). The minimum absolute atomic E-state index is 0.0589. The van der Waals surface area contributed by atoms with Crippen molar-refractivity contribution in [3.05, 3.63) is 11.1 Å². The zero-order valence-electron chi connectivity index (χ0n) is 10.5. The van der Waals surface area contributed by atoms with Crippen molar-refractivity contribution in [2.75, 3.05) is 11.9 Å². The number of carbonyl (C=O) groups excluding carboxylic acids is 1. The first-order chi connectivity index (χ1) is 9.15. The predicted molar refractivity (Wildman–Crippen MR) is 72.6 cm³/mol. The second-order valence-electron chi connectivity index (χ2n) is 4.58. The molecule has 1 aromatic rings. The first-order valence-corrected chi connectivity index (χ1v) is 7.25. The van der Waals surface area contributed by atoms with E-state index >= 15 is 0 Å². The van der Waals surface area contributed by atoms with E-state index in [9.17, 15) is 9.59 Å². The molecule has 104 valence electrons. The molecule has 0 bridgehead atoms. The smallest absolute Gasteiger partial charge is 0.321 e. The molecular weight excluding hydrogens is 266 g/mol. The summed E-state index contributed by atoms with van der Waals surface area (Å²) in [5, 5.41) is 16.3. The van der Waals surface area contributed by atoms with Crippen molar-refractivity contribution in [1.82, 2.24) is 10.3 Å². The minimum Gasteiger partial charge on any atom is -0.481 e. The fourth-order valence-corrected chi connectivity index (χ4v) is 2.61. The normalized spacial score (nSPS) is 14.7. The van der Waals surface area contributed by atoms with Crippen LogP contribution >= 0.6 is 11.3 Å². The molecule has 0 spiro atoms. The molecule has 1 aliphatic rings. The van der Waals surface area contributed by atoms with Crippen LogP contribution in [-0.4, -0.2) is 28.6 Å². The maximum Gasteiger partial charge on any atom is 0.321 e. The Labute approximate surface area is 115 Å². The van der Waals surface area contributed by atoms with E-state index in [0.29, 0.717) is 24.0 Å². The zero-order valence-corrected chi connectivity index (χ0v) is 11.3. The van der Waals surface area contributed by atoms with Crippen LogP contribution in [0.3, 0.4) is 0 Å². The van der Waals surface area contributed by atoms with Gasteiger partial charge in [-0.3, -0.25) is 10.1 Å². The maximum absolute atomic E-state index is 11.5. The molecule has 0 atom stereocenters. The lowest BCUT2D eigenvalue weighted by atomic mass is 9.83. The van der Waals surface area contributed by atoms with Crippen molar-refractivity contribution in [1.29, 1.82) is 0 Å². The number of thiazole rings is 1. The lowest BCUT2D eigenvalue weighted by Gasteiger charge is -2.22. The van der Waals surface area contributed by atoms with E-state index in [0.717, 1.165) is 5.69 Å². The topological polar surface area (TPSA) is 91.3 Å². The Balaban J connectivity index is 1.69. The van der Waals surface area contributed by atoms with Crippen LogP contribution in [0.2, 0.25) is 0 Å².